The quantitative estimate of drug-likeness (QED) is 0.202. The van der Waals surface area contributed by atoms with Crippen LogP contribution < -0.4 is 0 Å². The van der Waals surface area contributed by atoms with E-state index >= 15 is 4.39 Å². The lowest BCUT2D eigenvalue weighted by atomic mass is 9.73. The summed E-state index contributed by atoms with van der Waals surface area (Å²) in [6.45, 7) is 13.3. The Hall–Kier alpha value is -3.57. The largest absolute Gasteiger partial charge is 0.455 e. The highest BCUT2D eigenvalue weighted by molar-refractivity contribution is 6.08. The van der Waals surface area contributed by atoms with E-state index in [0.29, 0.717) is 25.8 Å². The molecule has 5 rings (SSSR count). The van der Waals surface area contributed by atoms with Crippen molar-refractivity contribution in [1.29, 1.82) is 0 Å². The van der Waals surface area contributed by atoms with Crippen molar-refractivity contribution in [3.05, 3.63) is 24.7 Å². The molecule has 0 radical (unpaired) electrons. The molecule has 0 aliphatic carbocycles. The average Bonchev–Trinajstić information content (AvgIpc) is 3.70. The molecular weight excluding hydrogens is 741 g/mol. The van der Waals surface area contributed by atoms with E-state index in [2.05, 4.69) is 9.97 Å². The zero-order valence-corrected chi connectivity index (χ0v) is 35.3. The van der Waals surface area contributed by atoms with Crippen LogP contribution in [0, 0.1) is 17.8 Å². The molecule has 318 valence electrons. The predicted octanol–water partition coefficient (Wildman–Crippen LogP) is 4.51. The van der Waals surface area contributed by atoms with Gasteiger partial charge in [0.05, 0.1) is 30.2 Å². The van der Waals surface area contributed by atoms with Crippen LogP contribution in [0.4, 0.5) is 9.18 Å². The van der Waals surface area contributed by atoms with Gasteiger partial charge < -0.3 is 43.2 Å². The Labute approximate surface area is 334 Å². The van der Waals surface area contributed by atoms with Crippen molar-refractivity contribution < 1.29 is 52.4 Å². The number of carbonyl (C=O) groups excluding carboxylic acids is 4. The number of ether oxygens (including phenoxy) is 5. The van der Waals surface area contributed by atoms with Gasteiger partial charge in [-0.25, -0.2) is 23.9 Å². The minimum atomic E-state index is -3.17. The van der Waals surface area contributed by atoms with Gasteiger partial charge >= 0.3 is 12.1 Å². The van der Waals surface area contributed by atoms with Crippen molar-refractivity contribution in [3.8, 4) is 0 Å². The van der Waals surface area contributed by atoms with E-state index in [-0.39, 0.29) is 37.3 Å². The summed E-state index contributed by atoms with van der Waals surface area (Å²) in [5.41, 5.74) is -4.69. The topological polar surface area (TPSA) is 172 Å². The summed E-state index contributed by atoms with van der Waals surface area (Å²) in [6.07, 6.45) is -0.768. The first kappa shape index (κ1) is 44.5. The summed E-state index contributed by atoms with van der Waals surface area (Å²) in [4.78, 5) is 68.8. The number of cyclic esters (lactones) is 1. The molecule has 57 heavy (non-hydrogen) atoms. The normalized spacial score (nSPS) is 38.6. The molecule has 5 heterocycles. The summed E-state index contributed by atoms with van der Waals surface area (Å²) in [5.74, 6) is -5.78. The Morgan fingerprint density at radius 2 is 1.72 bits per heavy atom. The lowest BCUT2D eigenvalue weighted by Gasteiger charge is -2.47. The van der Waals surface area contributed by atoms with Gasteiger partial charge in [0, 0.05) is 50.2 Å². The molecule has 1 amide bonds. The Morgan fingerprint density at radius 3 is 2.37 bits per heavy atom. The standard InChI is InChI=1S/C41H62FN5O10/c1-12-29-41(8)32(47(38(52)57-41)19-14-13-18-46-22-44-27-16-15-17-43-35(27)46)25(4)30(48)23(2)21-39(6,53-11)34(26(5)33(50)40(7,42)37(51)55-29)56-36-31(49)28(45(9)10)20-24(3)54-36/h15-17,22-26,28-29,31-32,34,36,49H,12-14,18-21H2,1-11H3/t23-,24-,25-,26+,28+,29+,31-,32-,34-,36+,39-,40+,41-/m1/s1. The molecule has 0 unspecified atom stereocenters. The van der Waals surface area contributed by atoms with Gasteiger partial charge in [-0.05, 0) is 86.0 Å². The first-order chi connectivity index (χ1) is 26.7. The Kier molecular flexibility index (Phi) is 13.5. The molecule has 3 aliphatic rings. The number of hydrogen-bond acceptors (Lipinski definition) is 13. The maximum atomic E-state index is 16.9. The van der Waals surface area contributed by atoms with Crippen molar-refractivity contribution in [2.24, 2.45) is 17.8 Å². The van der Waals surface area contributed by atoms with Crippen LogP contribution in [0.15, 0.2) is 24.7 Å². The third-order valence-corrected chi connectivity index (χ3v) is 12.6. The number of aliphatic hydroxyl groups is 1. The number of pyridine rings is 1. The highest BCUT2D eigenvalue weighted by atomic mass is 19.1. The van der Waals surface area contributed by atoms with Gasteiger partial charge in [-0.15, -0.1) is 0 Å². The van der Waals surface area contributed by atoms with Gasteiger partial charge in [0.2, 0.25) is 0 Å². The number of unbranched alkanes of at least 4 members (excludes halogenated alkanes) is 1. The zero-order chi connectivity index (χ0) is 42.2. The number of fused-ring (bicyclic) bond motifs is 2. The number of aryl methyl sites for hydroxylation is 1. The number of carbonyl (C=O) groups is 4. The summed E-state index contributed by atoms with van der Waals surface area (Å²) in [7, 11) is 5.05. The van der Waals surface area contributed by atoms with Crippen LogP contribution in [0.25, 0.3) is 11.2 Å². The van der Waals surface area contributed by atoms with Gasteiger partial charge in [0.15, 0.2) is 23.3 Å². The predicted molar refractivity (Wildman–Crippen MR) is 207 cm³/mol. The van der Waals surface area contributed by atoms with Crippen LogP contribution in [0.3, 0.4) is 0 Å². The van der Waals surface area contributed by atoms with E-state index in [4.69, 9.17) is 23.7 Å². The lowest BCUT2D eigenvalue weighted by Crippen LogP contribution is -2.61. The summed E-state index contributed by atoms with van der Waals surface area (Å²) in [6, 6.07) is 2.42. The summed E-state index contributed by atoms with van der Waals surface area (Å²) < 4.78 is 49.3. The maximum absolute atomic E-state index is 16.9. The second kappa shape index (κ2) is 17.3. The molecule has 1 N–H and O–H groups in total. The number of amides is 1. The second-order valence-corrected chi connectivity index (χ2v) is 17.1. The Bertz CT molecular complexity index is 1770. The van der Waals surface area contributed by atoms with E-state index in [0.717, 1.165) is 18.1 Å². The van der Waals surface area contributed by atoms with Gasteiger partial charge in [0.25, 0.3) is 5.67 Å². The van der Waals surface area contributed by atoms with Crippen molar-refractivity contribution in [2.75, 3.05) is 27.7 Å². The fraction of sp³-hybridized carbons (Fsp3) is 0.756. The number of hydrogen-bond donors (Lipinski definition) is 1. The van der Waals surface area contributed by atoms with E-state index in [9.17, 15) is 24.3 Å². The maximum Gasteiger partial charge on any atom is 0.410 e. The molecule has 0 saturated carbocycles. The highest BCUT2D eigenvalue weighted by Gasteiger charge is 2.61. The smallest absolute Gasteiger partial charge is 0.410 e. The number of rotatable bonds is 10. The van der Waals surface area contributed by atoms with Crippen LogP contribution in [-0.4, -0.2) is 140 Å². The fourth-order valence-corrected chi connectivity index (χ4v) is 9.34. The van der Waals surface area contributed by atoms with Gasteiger partial charge in [-0.3, -0.25) is 9.59 Å². The van der Waals surface area contributed by atoms with Crippen LogP contribution in [0.1, 0.15) is 87.5 Å². The van der Waals surface area contributed by atoms with Crippen molar-refractivity contribution in [3.63, 3.8) is 0 Å². The van der Waals surface area contributed by atoms with Gasteiger partial charge in [0.1, 0.15) is 23.5 Å². The summed E-state index contributed by atoms with van der Waals surface area (Å²) >= 11 is 0. The highest BCUT2D eigenvalue weighted by Crippen LogP contribution is 2.43. The molecular formula is C41H62FN5O10. The zero-order valence-electron chi connectivity index (χ0n) is 35.3. The Morgan fingerprint density at radius 1 is 1.04 bits per heavy atom. The van der Waals surface area contributed by atoms with Crippen molar-refractivity contribution >= 4 is 34.8 Å². The first-order valence-corrected chi connectivity index (χ1v) is 20.2. The molecule has 3 fully saturated rings. The summed E-state index contributed by atoms with van der Waals surface area (Å²) in [5, 5.41) is 11.4. The molecule has 0 spiro atoms. The van der Waals surface area contributed by atoms with E-state index in [1.165, 1.54) is 18.9 Å². The van der Waals surface area contributed by atoms with E-state index in [1.807, 2.05) is 42.6 Å². The molecule has 15 nitrogen and oxygen atoms in total. The molecule has 2 aromatic rings. The van der Waals surface area contributed by atoms with Crippen molar-refractivity contribution in [1.82, 2.24) is 24.3 Å². The number of methoxy groups -OCH3 is 1. The molecule has 13 atom stereocenters. The number of imidazole rings is 1. The third-order valence-electron chi connectivity index (χ3n) is 12.6. The Balaban J connectivity index is 1.49. The van der Waals surface area contributed by atoms with Crippen LogP contribution >= 0.6 is 0 Å². The number of nitrogens with zero attached hydrogens (tertiary/aromatic N) is 5. The lowest BCUT2D eigenvalue weighted by molar-refractivity contribution is -0.295. The first-order valence-electron chi connectivity index (χ1n) is 20.2. The van der Waals surface area contributed by atoms with Crippen molar-refractivity contribution in [2.45, 2.75) is 154 Å². The van der Waals surface area contributed by atoms with E-state index < -0.39 is 83.1 Å². The van der Waals surface area contributed by atoms with E-state index in [1.54, 1.807) is 47.1 Å². The number of Topliss-reactive ketones (excluding diaryl/α,β-unsaturated/α-hetero) is 2. The number of ketones is 2. The number of likely N-dealkylation sites (N-methyl/N-ethyl adjacent to an activating group) is 1. The minimum absolute atomic E-state index is 0.000224. The van der Waals surface area contributed by atoms with Crippen LogP contribution in [-0.2, 0) is 44.6 Å². The average molecular weight is 804 g/mol. The number of aliphatic hydroxyl groups excluding tert-OH is 1. The number of alkyl halides is 1. The number of esters is 1. The van der Waals surface area contributed by atoms with Gasteiger partial charge in [-0.1, -0.05) is 27.7 Å². The fourth-order valence-electron chi connectivity index (χ4n) is 9.34. The molecule has 0 bridgehead atoms. The van der Waals surface area contributed by atoms with Gasteiger partial charge in [-0.2, -0.15) is 0 Å². The SMILES string of the molecule is CC[C@@H]1OC(=O)[C@@](C)(F)C(=O)[C@H](C)[C@@H](O[C@@H]2O[C@H](C)C[C@H](N(C)C)[C@H]2O)[C@](C)(OC)C[C@@H](C)C(=O)[C@@H](C)[C@H]2N(CCCCn3cnc4cccnc43)C(=O)O[C@]12C. The molecule has 16 heteroatoms. The number of halogens is 1. The number of aromatic nitrogens is 3. The minimum Gasteiger partial charge on any atom is -0.455 e. The second-order valence-electron chi connectivity index (χ2n) is 17.1. The molecule has 2 aromatic heterocycles. The molecule has 3 aliphatic heterocycles. The molecule has 3 saturated heterocycles. The van der Waals surface area contributed by atoms with Crippen LogP contribution in [0.2, 0.25) is 0 Å². The van der Waals surface area contributed by atoms with Crippen LogP contribution in [0.5, 0.6) is 0 Å². The third kappa shape index (κ3) is 8.61. The monoisotopic (exact) mass is 803 g/mol. The molecule has 0 aromatic carbocycles.